The van der Waals surface area contributed by atoms with Crippen molar-refractivity contribution in [2.45, 2.75) is 36.5 Å². The second kappa shape index (κ2) is 4.47. The van der Waals surface area contributed by atoms with Gasteiger partial charge in [0, 0.05) is 22.4 Å². The minimum atomic E-state index is -0.106. The normalized spacial score (nSPS) is 23.5. The van der Waals surface area contributed by atoms with Gasteiger partial charge in [-0.2, -0.15) is 0 Å². The van der Waals surface area contributed by atoms with E-state index >= 15 is 0 Å². The molecule has 2 fully saturated rings. The molecule has 86 valence electrons. The van der Waals surface area contributed by atoms with Crippen LogP contribution in [-0.4, -0.2) is 34.6 Å². The molecule has 15 heavy (non-hydrogen) atoms. The molecule has 1 aliphatic heterocycles. The van der Waals surface area contributed by atoms with Gasteiger partial charge in [0.2, 0.25) is 0 Å². The van der Waals surface area contributed by atoms with Gasteiger partial charge in [0.25, 0.3) is 0 Å². The van der Waals surface area contributed by atoms with Crippen molar-refractivity contribution in [3.05, 3.63) is 0 Å². The first kappa shape index (κ1) is 11.5. The Hall–Kier alpha value is 0. The molecule has 4 heteroatoms. The van der Waals surface area contributed by atoms with Crippen LogP contribution in [0, 0.1) is 5.41 Å². The Labute approximate surface area is 105 Å². The van der Waals surface area contributed by atoms with Crippen LogP contribution < -0.4 is 0 Å². The van der Waals surface area contributed by atoms with Gasteiger partial charge < -0.3 is 9.64 Å². The highest BCUT2D eigenvalue weighted by atomic mass is 127. The van der Waals surface area contributed by atoms with E-state index in [0.717, 1.165) is 29.9 Å². The average Bonchev–Trinajstić information content (AvgIpc) is 2.09. The van der Waals surface area contributed by atoms with Crippen molar-refractivity contribution in [2.24, 2.45) is 5.41 Å². The quantitative estimate of drug-likeness (QED) is 0.454. The second-order valence-corrected chi connectivity index (χ2v) is 6.59. The van der Waals surface area contributed by atoms with Crippen LogP contribution in [0.25, 0.3) is 0 Å². The molecule has 1 heterocycles. The van der Waals surface area contributed by atoms with Crippen molar-refractivity contribution in [1.29, 1.82) is 0 Å². The van der Waals surface area contributed by atoms with Gasteiger partial charge in [-0.1, -0.05) is 35.9 Å². The molecule has 1 aliphatic carbocycles. The fourth-order valence-corrected chi connectivity index (χ4v) is 4.29. The first-order valence-corrected chi connectivity index (χ1v) is 6.95. The molecule has 0 unspecified atom stereocenters. The Morgan fingerprint density at radius 3 is 2.73 bits per heavy atom. The van der Waals surface area contributed by atoms with Crippen LogP contribution in [0.3, 0.4) is 0 Å². The number of nitrogens with zero attached hydrogens (tertiary/aromatic N) is 1. The largest absolute Gasteiger partial charge is 0.449 e. The Bertz CT molecular complexity index is 243. The third kappa shape index (κ3) is 2.40. The van der Waals surface area contributed by atoms with Gasteiger partial charge in [-0.3, -0.25) is 0 Å². The maximum absolute atomic E-state index is 11.5. The summed E-state index contributed by atoms with van der Waals surface area (Å²) in [6, 6.07) is 0. The molecule has 0 aromatic heterocycles. The molecule has 2 rings (SSSR count). The molecule has 1 amide bonds. The van der Waals surface area contributed by atoms with Crippen LogP contribution in [0.1, 0.15) is 32.6 Å². The number of hydrogen-bond acceptors (Lipinski definition) is 2. The highest BCUT2D eigenvalue weighted by molar-refractivity contribution is 14.1. The van der Waals surface area contributed by atoms with Crippen molar-refractivity contribution in [1.82, 2.24) is 4.90 Å². The van der Waals surface area contributed by atoms with E-state index in [1.807, 2.05) is 4.90 Å². The maximum atomic E-state index is 11.5. The van der Waals surface area contributed by atoms with Crippen LogP contribution >= 0.6 is 22.6 Å². The van der Waals surface area contributed by atoms with Gasteiger partial charge in [-0.15, -0.1) is 0 Å². The summed E-state index contributed by atoms with van der Waals surface area (Å²) in [5, 5.41) is 0. The molecule has 0 radical (unpaired) electrons. The molecule has 0 aromatic rings. The summed E-state index contributed by atoms with van der Waals surface area (Å²) in [5.41, 5.74) is 0.482. The molecule has 0 atom stereocenters. The predicted octanol–water partition coefficient (Wildman–Crippen LogP) is 2.82. The van der Waals surface area contributed by atoms with E-state index in [2.05, 4.69) is 29.5 Å². The molecule has 1 saturated carbocycles. The number of carbonyl (C=O) groups excluding carboxylic acids is 1. The van der Waals surface area contributed by atoms with Crippen LogP contribution in [0.15, 0.2) is 0 Å². The highest BCUT2D eigenvalue weighted by Crippen LogP contribution is 2.51. The number of carbonyl (C=O) groups is 1. The summed E-state index contributed by atoms with van der Waals surface area (Å²) in [4.78, 5) is 13.4. The summed E-state index contributed by atoms with van der Waals surface area (Å²) in [6.45, 7) is 4.53. The van der Waals surface area contributed by atoms with Crippen LogP contribution in [0.2, 0.25) is 0 Å². The lowest BCUT2D eigenvalue weighted by molar-refractivity contribution is -0.0462. The molecule has 0 aromatic carbocycles. The van der Waals surface area contributed by atoms with Crippen LogP contribution in [0.5, 0.6) is 0 Å². The molecule has 0 N–H and O–H groups in total. The van der Waals surface area contributed by atoms with E-state index in [1.165, 1.54) is 12.8 Å². The molecular formula is C11H18INO2. The van der Waals surface area contributed by atoms with Gasteiger partial charge in [0.1, 0.15) is 0 Å². The fraction of sp³-hybridized carbons (Fsp3) is 0.909. The number of unbranched alkanes of at least 4 members (excludes halogenated alkanes) is 1. The monoisotopic (exact) mass is 323 g/mol. The van der Waals surface area contributed by atoms with Crippen LogP contribution in [-0.2, 0) is 4.74 Å². The minimum Gasteiger partial charge on any atom is -0.449 e. The van der Waals surface area contributed by atoms with Gasteiger partial charge in [-0.05, 0) is 19.3 Å². The van der Waals surface area contributed by atoms with E-state index in [0.29, 0.717) is 12.0 Å². The first-order valence-electron chi connectivity index (χ1n) is 5.71. The summed E-state index contributed by atoms with van der Waals surface area (Å²) in [6.07, 6.45) is 4.51. The average molecular weight is 323 g/mol. The number of ether oxygens (including phenoxy) is 1. The van der Waals surface area contributed by atoms with E-state index < -0.39 is 0 Å². The van der Waals surface area contributed by atoms with E-state index in [-0.39, 0.29) is 6.09 Å². The lowest BCUT2D eigenvalue weighted by atomic mass is 9.64. The van der Waals surface area contributed by atoms with Crippen molar-refractivity contribution >= 4 is 28.7 Å². The van der Waals surface area contributed by atoms with Gasteiger partial charge >= 0.3 is 6.09 Å². The molecule has 3 nitrogen and oxygen atoms in total. The number of halogens is 1. The van der Waals surface area contributed by atoms with E-state index in [9.17, 15) is 4.79 Å². The molecule has 0 bridgehead atoms. The summed E-state index contributed by atoms with van der Waals surface area (Å²) >= 11 is 2.49. The van der Waals surface area contributed by atoms with Crippen molar-refractivity contribution in [3.8, 4) is 0 Å². The lowest BCUT2D eigenvalue weighted by Gasteiger charge is -2.57. The third-order valence-corrected chi connectivity index (χ3v) is 4.22. The zero-order valence-electron chi connectivity index (χ0n) is 9.17. The zero-order chi connectivity index (χ0) is 10.9. The van der Waals surface area contributed by atoms with E-state index in [1.54, 1.807) is 0 Å². The van der Waals surface area contributed by atoms with Crippen molar-refractivity contribution < 1.29 is 9.53 Å². The zero-order valence-corrected chi connectivity index (χ0v) is 11.3. The Kier molecular flexibility index (Phi) is 3.42. The van der Waals surface area contributed by atoms with E-state index in [4.69, 9.17) is 4.74 Å². The molecule has 2 aliphatic rings. The first-order chi connectivity index (χ1) is 7.15. The Morgan fingerprint density at radius 1 is 1.53 bits per heavy atom. The number of likely N-dealkylation sites (tertiary alicyclic amines) is 1. The third-order valence-electron chi connectivity index (χ3n) is 3.34. The summed E-state index contributed by atoms with van der Waals surface area (Å²) in [5.74, 6) is 0. The summed E-state index contributed by atoms with van der Waals surface area (Å²) in [7, 11) is 0. The fourth-order valence-electron chi connectivity index (χ4n) is 2.43. The molecule has 1 saturated heterocycles. The number of rotatable bonds is 3. The van der Waals surface area contributed by atoms with Crippen molar-refractivity contribution in [3.63, 3.8) is 0 Å². The number of hydrogen-bond donors (Lipinski definition) is 0. The highest BCUT2D eigenvalue weighted by Gasteiger charge is 2.53. The smallest absolute Gasteiger partial charge is 0.409 e. The number of amides is 1. The summed E-state index contributed by atoms with van der Waals surface area (Å²) < 4.78 is 5.99. The molecular weight excluding hydrogens is 305 g/mol. The number of alkyl halides is 1. The topological polar surface area (TPSA) is 29.5 Å². The predicted molar refractivity (Wildman–Crippen MR) is 67.3 cm³/mol. The lowest BCUT2D eigenvalue weighted by Crippen LogP contribution is -2.64. The van der Waals surface area contributed by atoms with Crippen LogP contribution in [0.4, 0.5) is 4.79 Å². The van der Waals surface area contributed by atoms with Gasteiger partial charge in [-0.25, -0.2) is 4.79 Å². The molecule has 1 spiro atoms. The van der Waals surface area contributed by atoms with Gasteiger partial charge in [0.05, 0.1) is 6.61 Å². The van der Waals surface area contributed by atoms with Crippen molar-refractivity contribution in [2.75, 3.05) is 19.7 Å². The Balaban J connectivity index is 1.64. The Morgan fingerprint density at radius 2 is 2.20 bits per heavy atom. The maximum Gasteiger partial charge on any atom is 0.409 e. The SMILES string of the molecule is CCCCOC(=O)N1CC2(CC(I)C2)C1. The minimum absolute atomic E-state index is 0.106. The van der Waals surface area contributed by atoms with Gasteiger partial charge in [0.15, 0.2) is 0 Å². The second-order valence-electron chi connectivity index (χ2n) is 4.83. The standard InChI is InChI=1S/C11H18INO2/c1-2-3-4-15-10(14)13-7-11(8-13)5-9(12)6-11/h9H,2-8H2,1H3.